The van der Waals surface area contributed by atoms with E-state index in [1.54, 1.807) is 0 Å². The molecule has 0 amide bonds. The van der Waals surface area contributed by atoms with Gasteiger partial charge in [-0.15, -0.1) is 0 Å². The van der Waals surface area contributed by atoms with Crippen molar-refractivity contribution in [1.29, 1.82) is 5.41 Å². The van der Waals surface area contributed by atoms with E-state index >= 15 is 0 Å². The Kier molecular flexibility index (Phi) is 12.8. The molecular formula is C84H62N4S. The van der Waals surface area contributed by atoms with E-state index in [9.17, 15) is 5.41 Å². The normalized spacial score (nSPS) is 14.7. The first kappa shape index (κ1) is 53.8. The predicted molar refractivity (Wildman–Crippen MR) is 378 cm³/mol. The largest absolute Gasteiger partial charge is 0.309 e. The third kappa shape index (κ3) is 8.90. The summed E-state index contributed by atoms with van der Waals surface area (Å²) in [7, 11) is 0. The van der Waals surface area contributed by atoms with Gasteiger partial charge in [-0.3, -0.25) is 5.41 Å². The maximum absolute atomic E-state index is 9.74. The Morgan fingerprint density at radius 1 is 0.348 bits per heavy atom. The quantitative estimate of drug-likeness (QED) is 0.104. The first-order valence-electron chi connectivity index (χ1n) is 30.6. The van der Waals surface area contributed by atoms with Crippen LogP contribution in [0.5, 0.6) is 0 Å². The van der Waals surface area contributed by atoms with Crippen LogP contribution in [0.1, 0.15) is 55.5 Å². The monoisotopic (exact) mass is 1160 g/mol. The Morgan fingerprint density at radius 2 is 0.719 bits per heavy atom. The van der Waals surface area contributed by atoms with Crippen LogP contribution in [0.3, 0.4) is 0 Å². The van der Waals surface area contributed by atoms with E-state index in [-0.39, 0.29) is 10.8 Å². The first-order chi connectivity index (χ1) is 43.5. The van der Waals surface area contributed by atoms with Crippen molar-refractivity contribution >= 4 is 63.0 Å². The van der Waals surface area contributed by atoms with Crippen LogP contribution in [0.4, 0.5) is 11.4 Å². The Balaban J connectivity index is 0.754. The van der Waals surface area contributed by atoms with E-state index in [0.29, 0.717) is 11.4 Å². The van der Waals surface area contributed by atoms with Crippen molar-refractivity contribution in [2.75, 3.05) is 4.90 Å². The lowest BCUT2D eigenvalue weighted by atomic mass is 9.81. The summed E-state index contributed by atoms with van der Waals surface area (Å²) in [5, 5.41) is 12.1. The fraction of sp³-hybridized carbons (Fsp3) is 0.0714. The number of hydrogen-bond acceptors (Lipinski definition) is 4. The molecule has 3 aliphatic rings. The molecule has 0 saturated carbocycles. The van der Waals surface area contributed by atoms with Crippen LogP contribution < -0.4 is 4.90 Å². The molecule has 0 radical (unpaired) electrons. The van der Waals surface area contributed by atoms with Crippen molar-refractivity contribution in [3.63, 3.8) is 0 Å². The zero-order chi connectivity index (χ0) is 60.1. The van der Waals surface area contributed by atoms with Crippen LogP contribution in [-0.4, -0.2) is 16.0 Å². The van der Waals surface area contributed by atoms with Gasteiger partial charge in [-0.05, 0) is 203 Å². The molecule has 0 atom stereocenters. The van der Waals surface area contributed by atoms with Crippen molar-refractivity contribution in [3.8, 4) is 83.6 Å². The van der Waals surface area contributed by atoms with Crippen molar-refractivity contribution in [3.05, 3.63) is 325 Å². The molecular weight excluding hydrogens is 1100 g/mol. The van der Waals surface area contributed by atoms with E-state index in [1.807, 2.05) is 30.3 Å². The van der Waals surface area contributed by atoms with Gasteiger partial charge in [-0.25, -0.2) is 4.40 Å². The van der Waals surface area contributed by atoms with E-state index in [1.165, 1.54) is 77.5 Å². The van der Waals surface area contributed by atoms with Gasteiger partial charge in [0.2, 0.25) is 0 Å². The highest BCUT2D eigenvalue weighted by molar-refractivity contribution is 7.79. The zero-order valence-corrected chi connectivity index (χ0v) is 50.9. The van der Waals surface area contributed by atoms with Gasteiger partial charge in [0.15, 0.2) is 0 Å². The maximum Gasteiger partial charge on any atom is 0.121 e. The van der Waals surface area contributed by atoms with Crippen molar-refractivity contribution < 1.29 is 0 Å². The second-order valence-corrected chi connectivity index (χ2v) is 25.1. The number of thiol groups is 1. The minimum atomic E-state index is -0.0648. The molecule has 13 aromatic rings. The molecule has 1 heterocycles. The number of hydrogen-bond donors (Lipinski definition) is 2. The second kappa shape index (κ2) is 21.1. The predicted octanol–water partition coefficient (Wildman–Crippen LogP) is 22.2. The lowest BCUT2D eigenvalue weighted by Crippen LogP contribution is -2.30. The van der Waals surface area contributed by atoms with Crippen LogP contribution in [0.15, 0.2) is 301 Å². The molecule has 424 valence electrons. The molecule has 0 unspecified atom stereocenters. The van der Waals surface area contributed by atoms with Crippen LogP contribution in [0.2, 0.25) is 0 Å². The van der Waals surface area contributed by atoms with Gasteiger partial charge >= 0.3 is 0 Å². The maximum atomic E-state index is 9.74. The summed E-state index contributed by atoms with van der Waals surface area (Å²) in [6.45, 7) is 9.38. The summed E-state index contributed by atoms with van der Waals surface area (Å²) in [6, 6.07) is 102. The molecule has 89 heavy (non-hydrogen) atoms. The summed E-state index contributed by atoms with van der Waals surface area (Å²) in [6.07, 6.45) is 4.11. The minimum absolute atomic E-state index is 0.0648. The number of rotatable bonds is 10. The van der Waals surface area contributed by atoms with Gasteiger partial charge in [-0.1, -0.05) is 234 Å². The number of para-hydroxylation sites is 1. The summed E-state index contributed by atoms with van der Waals surface area (Å²) in [5.74, 6) is 0. The van der Waals surface area contributed by atoms with Crippen LogP contribution in [0, 0.1) is 5.41 Å². The van der Waals surface area contributed by atoms with Gasteiger partial charge in [0.05, 0.1) is 22.4 Å². The smallest absolute Gasteiger partial charge is 0.121 e. The Bertz CT molecular complexity index is 4890. The number of benzene rings is 12. The lowest BCUT2D eigenvalue weighted by Gasteiger charge is -2.30. The molecule has 16 rings (SSSR count). The molecule has 12 aromatic carbocycles. The lowest BCUT2D eigenvalue weighted by molar-refractivity contribution is 0.660. The Hall–Kier alpha value is -10.6. The van der Waals surface area contributed by atoms with E-state index in [4.69, 9.17) is 0 Å². The Labute approximate surface area is 525 Å². The Morgan fingerprint density at radius 3 is 1.21 bits per heavy atom. The molecule has 0 saturated heterocycles. The van der Waals surface area contributed by atoms with Gasteiger partial charge in [-0.2, -0.15) is 0 Å². The highest BCUT2D eigenvalue weighted by atomic mass is 32.1. The van der Waals surface area contributed by atoms with Gasteiger partial charge in [0, 0.05) is 44.2 Å². The summed E-state index contributed by atoms with van der Waals surface area (Å²) < 4.78 is 6.90. The molecule has 5 heteroatoms. The number of aromatic nitrogens is 1. The van der Waals surface area contributed by atoms with Crippen molar-refractivity contribution in [2.45, 2.75) is 38.5 Å². The molecule has 0 spiro atoms. The third-order valence-electron chi connectivity index (χ3n) is 19.2. The second-order valence-electron chi connectivity index (χ2n) is 24.9. The molecule has 3 aliphatic carbocycles. The number of fused-ring (bicyclic) bond motifs is 9. The molecule has 4 nitrogen and oxygen atoms in total. The van der Waals surface area contributed by atoms with Crippen LogP contribution in [-0.2, 0) is 10.8 Å². The van der Waals surface area contributed by atoms with Crippen LogP contribution in [0.25, 0.3) is 111 Å². The zero-order valence-electron chi connectivity index (χ0n) is 50.0. The van der Waals surface area contributed by atoms with Gasteiger partial charge in [0.1, 0.15) is 5.71 Å². The summed E-state index contributed by atoms with van der Waals surface area (Å²) >= 11 is 4.54. The van der Waals surface area contributed by atoms with Crippen LogP contribution >= 0.6 is 12.8 Å². The fourth-order valence-electron chi connectivity index (χ4n) is 14.5. The number of anilines is 2. The third-order valence-corrected chi connectivity index (χ3v) is 19.4. The number of nitrogens with zero attached hydrogens (tertiary/aromatic N) is 3. The van der Waals surface area contributed by atoms with E-state index < -0.39 is 0 Å². The highest BCUT2D eigenvalue weighted by Gasteiger charge is 2.37. The average Bonchev–Trinajstić information content (AvgIpc) is 1.67. The van der Waals surface area contributed by atoms with Crippen molar-refractivity contribution in [1.82, 2.24) is 4.57 Å². The van der Waals surface area contributed by atoms with Gasteiger partial charge < -0.3 is 9.47 Å². The van der Waals surface area contributed by atoms with Crippen molar-refractivity contribution in [2.24, 2.45) is 4.40 Å². The number of allylic oxidation sites excluding steroid dienone is 4. The molecule has 0 fully saturated rings. The van der Waals surface area contributed by atoms with E-state index in [0.717, 1.165) is 78.3 Å². The summed E-state index contributed by atoms with van der Waals surface area (Å²) in [5.41, 5.74) is 31.0. The highest BCUT2D eigenvalue weighted by Crippen LogP contribution is 2.51. The summed E-state index contributed by atoms with van der Waals surface area (Å²) in [4.78, 5) is 2.15. The SMILES string of the molecule is CC1(C)c2ccccc2-c2ccc(-c3ccc(-c4ccc5c(c4)c4cc(-c6ccc(-c7ccc8c(c7)C(C)(C)c7ccccc7-8)cc6)ccc4n5-c4ccc(C5=CC=C(N(c6ccccc6)c6ccc(-c7ccccc7)cc6)/C(=N/S)C5=N)cc4)cc3)cc21. The first-order valence-corrected chi connectivity index (χ1v) is 31.0. The van der Waals surface area contributed by atoms with E-state index in [2.05, 4.69) is 315 Å². The van der Waals surface area contributed by atoms with Gasteiger partial charge in [0.25, 0.3) is 0 Å². The fourth-order valence-corrected chi connectivity index (χ4v) is 14.7. The molecule has 0 bridgehead atoms. The standard InChI is InChI=1S/C84H62N4S/c1-83(2)74-21-13-11-19-68(74)70-43-35-62(51-76(70)83)57-27-23-55(24-28-57)60-37-46-78-72(49-60)73-50-61(56-25-29-58(30-26-56)63-36-44-71-69-20-12-14-22-75(69)84(3,4)77(71)52-63)38-47-79(73)88(78)66-41-33-59(34-42-66)67-45-48-80(82(86-89)81(67)85)87(64-17-9-6-10-18-64)65-39-31-54(32-40-65)53-15-7-5-8-16-53/h5-52,85,89H,1-4H3/b85-81?,86-82-. The minimum Gasteiger partial charge on any atom is -0.309 e. The topological polar surface area (TPSA) is 44.4 Å². The molecule has 1 aromatic heterocycles. The molecule has 1 N–H and O–H groups in total. The number of nitrogens with one attached hydrogen (secondary N) is 1. The molecule has 0 aliphatic heterocycles. The average molecular weight is 1160 g/mol.